The molecule has 0 amide bonds. The molecular formula is C16H17F2N5O2S. The number of alkyl halides is 2. The van der Waals surface area contributed by atoms with Crippen LogP contribution in [0.5, 0.6) is 0 Å². The molecule has 3 rings (SSSR count). The van der Waals surface area contributed by atoms with Gasteiger partial charge in [0.05, 0.1) is 17.3 Å². The molecule has 0 radical (unpaired) electrons. The molecule has 10 heteroatoms. The highest BCUT2D eigenvalue weighted by Gasteiger charge is 2.20. The average Bonchev–Trinajstić information content (AvgIpc) is 3.03. The Labute approximate surface area is 152 Å². The van der Waals surface area contributed by atoms with Gasteiger partial charge in [-0.1, -0.05) is 0 Å². The number of aromatic amines is 1. The van der Waals surface area contributed by atoms with Gasteiger partial charge in [0.25, 0.3) is 12.0 Å². The first-order valence-electron chi connectivity index (χ1n) is 7.86. The number of aryl methyl sites for hydroxylation is 2. The minimum absolute atomic E-state index is 0.131. The van der Waals surface area contributed by atoms with E-state index in [-0.39, 0.29) is 21.4 Å². The Morgan fingerprint density at radius 1 is 1.42 bits per heavy atom. The first-order chi connectivity index (χ1) is 12.4. The monoisotopic (exact) mass is 381 g/mol. The number of nitrogens with one attached hydrogen (secondary N) is 1. The number of hydrogen-bond acceptors (Lipinski definition) is 5. The van der Waals surface area contributed by atoms with Crippen molar-refractivity contribution in [3.8, 4) is 11.3 Å². The quantitative estimate of drug-likeness (QED) is 0.525. The van der Waals surface area contributed by atoms with Crippen LogP contribution in [0.3, 0.4) is 0 Å². The molecule has 0 aromatic carbocycles. The molecule has 0 aliphatic heterocycles. The number of aromatic nitrogens is 5. The summed E-state index contributed by atoms with van der Waals surface area (Å²) in [7, 11) is 3.29. The third-order valence-electron chi connectivity index (χ3n) is 3.95. The van der Waals surface area contributed by atoms with Gasteiger partial charge >= 0.3 is 0 Å². The summed E-state index contributed by atoms with van der Waals surface area (Å²) < 4.78 is 35.6. The molecule has 0 aliphatic rings. The van der Waals surface area contributed by atoms with Crippen LogP contribution >= 0.6 is 12.2 Å². The van der Waals surface area contributed by atoms with Crippen molar-refractivity contribution in [2.24, 2.45) is 7.05 Å². The number of hydrogen-bond donors (Lipinski definition) is 1. The second kappa shape index (κ2) is 7.42. The lowest BCUT2D eigenvalue weighted by atomic mass is 10.1. The lowest BCUT2D eigenvalue weighted by Crippen LogP contribution is -2.18. The van der Waals surface area contributed by atoms with Gasteiger partial charge in [0.15, 0.2) is 4.77 Å². The third kappa shape index (κ3) is 3.42. The van der Waals surface area contributed by atoms with E-state index in [1.54, 1.807) is 29.6 Å². The van der Waals surface area contributed by atoms with Crippen LogP contribution in [0.4, 0.5) is 8.78 Å². The number of pyridine rings is 1. The van der Waals surface area contributed by atoms with E-state index < -0.39 is 12.0 Å². The van der Waals surface area contributed by atoms with Crippen LogP contribution in [-0.2, 0) is 18.3 Å². The third-order valence-corrected chi connectivity index (χ3v) is 4.27. The molecule has 0 spiro atoms. The van der Waals surface area contributed by atoms with Crippen LogP contribution in [0.2, 0.25) is 0 Å². The van der Waals surface area contributed by atoms with Crippen LogP contribution in [0.1, 0.15) is 18.4 Å². The van der Waals surface area contributed by atoms with E-state index in [2.05, 4.69) is 15.1 Å². The zero-order valence-electron chi connectivity index (χ0n) is 14.2. The van der Waals surface area contributed by atoms with Crippen molar-refractivity contribution in [2.75, 3.05) is 13.7 Å². The van der Waals surface area contributed by atoms with Crippen molar-refractivity contribution in [1.29, 1.82) is 0 Å². The SMILES string of the molecule is COCCCn1c(=S)[nH]c(=O)c2c(C(F)F)cc(-c3cnn(C)c3)nc21. The molecule has 0 aliphatic carbocycles. The van der Waals surface area contributed by atoms with Gasteiger partial charge < -0.3 is 9.30 Å². The summed E-state index contributed by atoms with van der Waals surface area (Å²) in [5.41, 5.74) is -0.0436. The fourth-order valence-corrected chi connectivity index (χ4v) is 3.02. The van der Waals surface area contributed by atoms with Crippen molar-refractivity contribution in [3.63, 3.8) is 0 Å². The fourth-order valence-electron chi connectivity index (χ4n) is 2.75. The van der Waals surface area contributed by atoms with Crippen LogP contribution in [0.25, 0.3) is 22.3 Å². The Hall–Kier alpha value is -2.46. The lowest BCUT2D eigenvalue weighted by Gasteiger charge is -2.13. The van der Waals surface area contributed by atoms with Crippen LogP contribution in [-0.4, -0.2) is 38.0 Å². The average molecular weight is 381 g/mol. The molecule has 1 N–H and O–H groups in total. The highest BCUT2D eigenvalue weighted by atomic mass is 32.1. The van der Waals surface area contributed by atoms with Gasteiger partial charge in [0.2, 0.25) is 0 Å². The molecule has 0 unspecified atom stereocenters. The zero-order valence-corrected chi connectivity index (χ0v) is 15.0. The van der Waals surface area contributed by atoms with Crippen molar-refractivity contribution in [1.82, 2.24) is 24.3 Å². The summed E-state index contributed by atoms with van der Waals surface area (Å²) in [6.07, 6.45) is 0.954. The molecule has 3 heterocycles. The van der Waals surface area contributed by atoms with E-state index in [0.29, 0.717) is 30.8 Å². The molecule has 3 aromatic heterocycles. The van der Waals surface area contributed by atoms with Crippen molar-refractivity contribution in [3.05, 3.63) is 39.1 Å². The predicted octanol–water partition coefficient (Wildman–Crippen LogP) is 2.83. The number of H-pyrrole nitrogens is 1. The summed E-state index contributed by atoms with van der Waals surface area (Å²) in [5.74, 6) is 0. The number of methoxy groups -OCH3 is 1. The fraction of sp³-hybridized carbons (Fsp3) is 0.375. The largest absolute Gasteiger partial charge is 0.385 e. The lowest BCUT2D eigenvalue weighted by molar-refractivity contribution is 0.153. The van der Waals surface area contributed by atoms with Crippen LogP contribution in [0.15, 0.2) is 23.3 Å². The zero-order chi connectivity index (χ0) is 18.8. The maximum atomic E-state index is 13.7. The Bertz CT molecular complexity index is 1060. The van der Waals surface area contributed by atoms with Crippen LogP contribution in [0, 0.1) is 4.77 Å². The van der Waals surface area contributed by atoms with Gasteiger partial charge in [-0.05, 0) is 24.7 Å². The van der Waals surface area contributed by atoms with E-state index in [1.165, 1.54) is 12.3 Å². The van der Waals surface area contributed by atoms with Gasteiger partial charge in [-0.25, -0.2) is 13.8 Å². The molecule has 7 nitrogen and oxygen atoms in total. The predicted molar refractivity (Wildman–Crippen MR) is 94.8 cm³/mol. The normalized spacial score (nSPS) is 11.6. The Morgan fingerprint density at radius 3 is 2.81 bits per heavy atom. The molecule has 26 heavy (non-hydrogen) atoms. The number of halogens is 2. The maximum absolute atomic E-state index is 13.7. The van der Waals surface area contributed by atoms with Crippen molar-refractivity contribution < 1.29 is 13.5 Å². The number of rotatable bonds is 6. The first kappa shape index (κ1) is 18.3. The van der Waals surface area contributed by atoms with Gasteiger partial charge in [-0.15, -0.1) is 0 Å². The minimum atomic E-state index is -2.83. The number of fused-ring (bicyclic) bond motifs is 1. The second-order valence-corrected chi connectivity index (χ2v) is 6.14. The van der Waals surface area contributed by atoms with Gasteiger partial charge in [-0.3, -0.25) is 14.5 Å². The molecule has 0 bridgehead atoms. The van der Waals surface area contributed by atoms with Gasteiger partial charge in [0, 0.05) is 44.6 Å². The molecule has 0 saturated carbocycles. The highest BCUT2D eigenvalue weighted by molar-refractivity contribution is 7.71. The first-order valence-corrected chi connectivity index (χ1v) is 8.27. The molecule has 0 fully saturated rings. The van der Waals surface area contributed by atoms with E-state index in [1.807, 2.05) is 0 Å². The Balaban J connectivity index is 2.31. The summed E-state index contributed by atoms with van der Waals surface area (Å²) in [6.45, 7) is 0.846. The van der Waals surface area contributed by atoms with E-state index in [9.17, 15) is 13.6 Å². The van der Waals surface area contributed by atoms with E-state index in [4.69, 9.17) is 17.0 Å². The topological polar surface area (TPSA) is 77.7 Å². The molecule has 0 saturated heterocycles. The molecule has 138 valence electrons. The minimum Gasteiger partial charge on any atom is -0.385 e. The smallest absolute Gasteiger partial charge is 0.264 e. The van der Waals surface area contributed by atoms with Gasteiger partial charge in [-0.2, -0.15) is 5.10 Å². The number of ether oxygens (including phenoxy) is 1. The second-order valence-electron chi connectivity index (χ2n) is 5.76. The molecule has 3 aromatic rings. The standard InChI is InChI=1S/C16H17F2N5O2S/c1-22-8-9(7-19-22)11-6-10(13(17)18)12-14(20-11)23(4-3-5-25-2)16(26)21-15(12)24/h6-8,13H,3-5H2,1-2H3,(H,21,24,26). The van der Waals surface area contributed by atoms with E-state index in [0.717, 1.165) is 0 Å². The maximum Gasteiger partial charge on any atom is 0.264 e. The van der Waals surface area contributed by atoms with Gasteiger partial charge in [0.1, 0.15) is 5.65 Å². The summed E-state index contributed by atoms with van der Waals surface area (Å²) in [4.78, 5) is 19.2. The summed E-state index contributed by atoms with van der Waals surface area (Å²) in [5, 5.41) is 3.89. The summed E-state index contributed by atoms with van der Waals surface area (Å²) >= 11 is 5.21. The molecule has 0 atom stereocenters. The highest BCUT2D eigenvalue weighted by Crippen LogP contribution is 2.29. The Kier molecular flexibility index (Phi) is 5.23. The van der Waals surface area contributed by atoms with Crippen LogP contribution < -0.4 is 5.56 Å². The van der Waals surface area contributed by atoms with Crippen molar-refractivity contribution in [2.45, 2.75) is 19.4 Å². The molecular weight excluding hydrogens is 364 g/mol. The number of nitrogens with zero attached hydrogens (tertiary/aromatic N) is 4. The van der Waals surface area contributed by atoms with Crippen molar-refractivity contribution >= 4 is 23.3 Å². The summed E-state index contributed by atoms with van der Waals surface area (Å²) in [6, 6.07) is 1.22. The Morgan fingerprint density at radius 2 is 2.19 bits per heavy atom. The van der Waals surface area contributed by atoms with E-state index >= 15 is 0 Å².